The summed E-state index contributed by atoms with van der Waals surface area (Å²) in [5, 5.41) is 0. The lowest BCUT2D eigenvalue weighted by atomic mass is 9.93. The van der Waals surface area contributed by atoms with E-state index in [9.17, 15) is 9.59 Å². The van der Waals surface area contributed by atoms with Crippen LogP contribution in [0.15, 0.2) is 0 Å². The molecule has 0 aliphatic heterocycles. The third-order valence-electron chi connectivity index (χ3n) is 2.22. The summed E-state index contributed by atoms with van der Waals surface area (Å²) in [5.41, 5.74) is 0. The van der Waals surface area contributed by atoms with E-state index in [1.54, 1.807) is 0 Å². The Bertz CT molecular complexity index is 211. The monoisotopic (exact) mass is 216 g/mol. The molecule has 15 heavy (non-hydrogen) atoms. The molecule has 0 aromatic rings. The molecule has 0 aliphatic carbocycles. The van der Waals surface area contributed by atoms with E-state index >= 15 is 0 Å². The molecule has 0 rings (SSSR count). The predicted molar refractivity (Wildman–Crippen MR) is 56.2 cm³/mol. The highest BCUT2D eigenvalue weighted by Crippen LogP contribution is 2.18. The van der Waals surface area contributed by atoms with E-state index in [2.05, 4.69) is 9.47 Å². The third kappa shape index (κ3) is 6.10. The molecule has 0 N–H and O–H groups in total. The highest BCUT2D eigenvalue weighted by molar-refractivity contribution is 5.74. The van der Waals surface area contributed by atoms with Crippen LogP contribution in [0.25, 0.3) is 0 Å². The Morgan fingerprint density at radius 1 is 1.13 bits per heavy atom. The smallest absolute Gasteiger partial charge is 0.308 e. The lowest BCUT2D eigenvalue weighted by Gasteiger charge is -2.15. The average Bonchev–Trinajstić information content (AvgIpc) is 2.21. The van der Waals surface area contributed by atoms with Gasteiger partial charge in [-0.25, -0.2) is 0 Å². The predicted octanol–water partition coefficient (Wildman–Crippen LogP) is 1.77. The fourth-order valence-electron chi connectivity index (χ4n) is 1.46. The average molecular weight is 216 g/mol. The van der Waals surface area contributed by atoms with Gasteiger partial charge in [0.15, 0.2) is 0 Å². The van der Waals surface area contributed by atoms with Gasteiger partial charge in [0.25, 0.3) is 0 Å². The van der Waals surface area contributed by atoms with Crippen molar-refractivity contribution in [3.63, 3.8) is 0 Å². The van der Waals surface area contributed by atoms with E-state index in [1.807, 2.05) is 13.8 Å². The minimum absolute atomic E-state index is 0.200. The second-order valence-corrected chi connectivity index (χ2v) is 3.96. The Hall–Kier alpha value is -1.06. The van der Waals surface area contributed by atoms with Crippen LogP contribution in [0, 0.1) is 11.8 Å². The van der Waals surface area contributed by atoms with Crippen molar-refractivity contribution in [3.8, 4) is 0 Å². The van der Waals surface area contributed by atoms with E-state index in [1.165, 1.54) is 14.2 Å². The maximum absolute atomic E-state index is 11.4. The number of carbonyl (C=O) groups excluding carboxylic acids is 2. The van der Waals surface area contributed by atoms with Gasteiger partial charge >= 0.3 is 11.9 Å². The lowest BCUT2D eigenvalue weighted by Crippen LogP contribution is -2.19. The number of rotatable bonds is 6. The van der Waals surface area contributed by atoms with E-state index in [0.29, 0.717) is 12.3 Å². The topological polar surface area (TPSA) is 52.6 Å². The highest BCUT2D eigenvalue weighted by atomic mass is 16.5. The van der Waals surface area contributed by atoms with Crippen molar-refractivity contribution in [3.05, 3.63) is 0 Å². The zero-order valence-corrected chi connectivity index (χ0v) is 9.91. The Labute approximate surface area is 90.9 Å². The van der Waals surface area contributed by atoms with Crippen LogP contribution in [0.1, 0.15) is 33.1 Å². The van der Waals surface area contributed by atoms with Crippen LogP contribution in [0.4, 0.5) is 0 Å². The van der Waals surface area contributed by atoms with Gasteiger partial charge in [-0.05, 0) is 18.8 Å². The second-order valence-electron chi connectivity index (χ2n) is 3.96. The van der Waals surface area contributed by atoms with Gasteiger partial charge < -0.3 is 9.47 Å². The molecule has 0 saturated carbocycles. The fraction of sp³-hybridized carbons (Fsp3) is 0.818. The molecule has 0 aliphatic rings. The molecule has 0 amide bonds. The Balaban J connectivity index is 4.12. The van der Waals surface area contributed by atoms with Crippen LogP contribution < -0.4 is 0 Å². The van der Waals surface area contributed by atoms with E-state index < -0.39 is 0 Å². The molecule has 88 valence electrons. The van der Waals surface area contributed by atoms with Crippen LogP contribution >= 0.6 is 0 Å². The molecule has 0 spiro atoms. The molecule has 1 unspecified atom stereocenters. The zero-order chi connectivity index (χ0) is 11.8. The molecule has 0 radical (unpaired) electrons. The minimum Gasteiger partial charge on any atom is -0.469 e. The molecule has 0 aromatic heterocycles. The molecule has 4 heteroatoms. The van der Waals surface area contributed by atoms with E-state index in [4.69, 9.17) is 0 Å². The van der Waals surface area contributed by atoms with Crippen LogP contribution in [0.5, 0.6) is 0 Å². The Morgan fingerprint density at radius 3 is 2.13 bits per heavy atom. The quantitative estimate of drug-likeness (QED) is 0.635. The minimum atomic E-state index is -0.285. The zero-order valence-electron chi connectivity index (χ0n) is 9.91. The van der Waals surface area contributed by atoms with Crippen molar-refractivity contribution in [1.29, 1.82) is 0 Å². The van der Waals surface area contributed by atoms with Gasteiger partial charge in [0.1, 0.15) is 0 Å². The molecule has 0 aromatic carbocycles. The largest absolute Gasteiger partial charge is 0.469 e. The van der Waals surface area contributed by atoms with Crippen molar-refractivity contribution >= 4 is 11.9 Å². The maximum Gasteiger partial charge on any atom is 0.308 e. The molecular weight excluding hydrogens is 196 g/mol. The van der Waals surface area contributed by atoms with Gasteiger partial charge in [-0.1, -0.05) is 13.8 Å². The summed E-state index contributed by atoms with van der Waals surface area (Å²) in [6.07, 6.45) is 1.50. The van der Waals surface area contributed by atoms with Gasteiger partial charge in [-0.15, -0.1) is 0 Å². The summed E-state index contributed by atoms with van der Waals surface area (Å²) in [4.78, 5) is 22.3. The van der Waals surface area contributed by atoms with E-state index in [0.717, 1.165) is 6.42 Å². The molecule has 0 bridgehead atoms. The van der Waals surface area contributed by atoms with Crippen molar-refractivity contribution < 1.29 is 19.1 Å². The molecule has 0 heterocycles. The van der Waals surface area contributed by atoms with Crippen molar-refractivity contribution in [2.75, 3.05) is 14.2 Å². The number of esters is 2. The Morgan fingerprint density at radius 2 is 1.73 bits per heavy atom. The summed E-state index contributed by atoms with van der Waals surface area (Å²) in [6.45, 7) is 4.07. The van der Waals surface area contributed by atoms with Crippen molar-refractivity contribution in [2.45, 2.75) is 33.1 Å². The Kier molecular flexibility index (Phi) is 6.75. The summed E-state index contributed by atoms with van der Waals surface area (Å²) >= 11 is 0. The first-order valence-electron chi connectivity index (χ1n) is 5.15. The molecule has 0 fully saturated rings. The number of carbonyl (C=O) groups is 2. The fourth-order valence-corrected chi connectivity index (χ4v) is 1.46. The van der Waals surface area contributed by atoms with Gasteiger partial charge in [0.2, 0.25) is 0 Å². The van der Waals surface area contributed by atoms with E-state index in [-0.39, 0.29) is 24.3 Å². The first-order chi connectivity index (χ1) is 7.01. The molecule has 1 atom stereocenters. The number of ether oxygens (including phenoxy) is 2. The third-order valence-corrected chi connectivity index (χ3v) is 2.22. The number of methoxy groups -OCH3 is 2. The van der Waals surface area contributed by atoms with Crippen LogP contribution in [0.3, 0.4) is 0 Å². The first-order valence-corrected chi connectivity index (χ1v) is 5.15. The van der Waals surface area contributed by atoms with Gasteiger partial charge in [0, 0.05) is 6.42 Å². The standard InChI is InChI=1S/C11H20O4/c1-8(2)7-9(11(13)15-4)5-6-10(12)14-3/h8-9H,5-7H2,1-4H3. The summed E-state index contributed by atoms with van der Waals surface area (Å²) in [6, 6.07) is 0. The van der Waals surface area contributed by atoms with Crippen LogP contribution in [0.2, 0.25) is 0 Å². The van der Waals surface area contributed by atoms with Crippen LogP contribution in [-0.4, -0.2) is 26.2 Å². The number of hydrogen-bond donors (Lipinski definition) is 0. The first kappa shape index (κ1) is 13.9. The van der Waals surface area contributed by atoms with Crippen molar-refractivity contribution in [1.82, 2.24) is 0 Å². The summed E-state index contributed by atoms with van der Waals surface area (Å²) in [5.74, 6) is -0.318. The molecule has 0 saturated heterocycles. The molecular formula is C11H20O4. The lowest BCUT2D eigenvalue weighted by molar-refractivity contribution is -0.147. The maximum atomic E-state index is 11.4. The van der Waals surface area contributed by atoms with Gasteiger partial charge in [-0.2, -0.15) is 0 Å². The normalized spacial score (nSPS) is 12.3. The summed E-state index contributed by atoms with van der Waals surface area (Å²) < 4.78 is 9.22. The van der Waals surface area contributed by atoms with Gasteiger partial charge in [-0.3, -0.25) is 9.59 Å². The molecule has 4 nitrogen and oxygen atoms in total. The van der Waals surface area contributed by atoms with Crippen LogP contribution in [-0.2, 0) is 19.1 Å². The summed E-state index contributed by atoms with van der Waals surface area (Å²) in [7, 11) is 2.71. The number of hydrogen-bond acceptors (Lipinski definition) is 4. The van der Waals surface area contributed by atoms with Crippen molar-refractivity contribution in [2.24, 2.45) is 11.8 Å². The highest BCUT2D eigenvalue weighted by Gasteiger charge is 2.21. The second kappa shape index (κ2) is 7.26. The SMILES string of the molecule is COC(=O)CCC(CC(C)C)C(=O)OC. The van der Waals surface area contributed by atoms with Gasteiger partial charge in [0.05, 0.1) is 20.1 Å².